The molecule has 3 rings (SSSR count). The smallest absolute Gasteiger partial charge is 0.195 e. The van der Waals surface area contributed by atoms with E-state index in [1.807, 2.05) is 25.1 Å². The monoisotopic (exact) mass is 288 g/mol. The first-order chi connectivity index (χ1) is 10.3. The maximum atomic E-state index is 13.2. The van der Waals surface area contributed by atoms with Crippen LogP contribution in [0.15, 0.2) is 24.3 Å². The first-order valence-corrected chi connectivity index (χ1v) is 8.12. The lowest BCUT2D eigenvalue weighted by molar-refractivity contribution is -0.0822. The highest BCUT2D eigenvalue weighted by molar-refractivity contribution is 6.04. The molecule has 1 aromatic carbocycles. The normalized spacial score (nSPS) is 21.8. The third-order valence-corrected chi connectivity index (χ3v) is 4.89. The van der Waals surface area contributed by atoms with Crippen molar-refractivity contribution in [1.82, 2.24) is 0 Å². The largest absolute Gasteiger partial charge is 0.381 e. The molecule has 0 aromatic heterocycles. The van der Waals surface area contributed by atoms with Gasteiger partial charge in [-0.25, -0.2) is 0 Å². The van der Waals surface area contributed by atoms with Gasteiger partial charge in [-0.3, -0.25) is 4.79 Å². The molecular formula is C18H24O3. The van der Waals surface area contributed by atoms with Gasteiger partial charge in [0.05, 0.1) is 0 Å². The molecule has 2 fully saturated rings. The van der Waals surface area contributed by atoms with E-state index in [2.05, 4.69) is 6.07 Å². The van der Waals surface area contributed by atoms with E-state index in [0.29, 0.717) is 38.6 Å². The number of ketones is 1. The summed E-state index contributed by atoms with van der Waals surface area (Å²) in [6, 6.07) is 8.11. The Labute approximate surface area is 126 Å². The molecule has 1 aliphatic carbocycles. The van der Waals surface area contributed by atoms with Gasteiger partial charge in [0.15, 0.2) is 5.78 Å². The second kappa shape index (κ2) is 6.29. The molecule has 0 spiro atoms. The number of rotatable bonds is 5. The minimum atomic E-state index is -0.674. The van der Waals surface area contributed by atoms with Gasteiger partial charge in [-0.15, -0.1) is 0 Å². The van der Waals surface area contributed by atoms with Crippen LogP contribution < -0.4 is 0 Å². The van der Waals surface area contributed by atoms with Gasteiger partial charge in [0.2, 0.25) is 0 Å². The second-order valence-electron chi connectivity index (χ2n) is 6.08. The Kier molecular flexibility index (Phi) is 4.41. The van der Waals surface area contributed by atoms with Gasteiger partial charge < -0.3 is 9.47 Å². The van der Waals surface area contributed by atoms with E-state index in [0.717, 1.165) is 5.56 Å². The molecule has 1 aliphatic heterocycles. The molecular weight excluding hydrogens is 264 g/mol. The molecule has 21 heavy (non-hydrogen) atoms. The van der Waals surface area contributed by atoms with Crippen molar-refractivity contribution < 1.29 is 14.3 Å². The zero-order valence-corrected chi connectivity index (χ0v) is 12.8. The highest BCUT2D eigenvalue weighted by atomic mass is 16.5. The van der Waals surface area contributed by atoms with Crippen molar-refractivity contribution in [3.05, 3.63) is 35.4 Å². The van der Waals surface area contributed by atoms with Crippen molar-refractivity contribution in [2.24, 2.45) is 0 Å². The van der Waals surface area contributed by atoms with Crippen molar-refractivity contribution in [2.45, 2.75) is 50.5 Å². The van der Waals surface area contributed by atoms with E-state index in [1.165, 1.54) is 24.8 Å². The Hall–Kier alpha value is -1.19. The molecule has 0 amide bonds. The fourth-order valence-corrected chi connectivity index (χ4v) is 3.44. The minimum absolute atomic E-state index is 0.162. The number of carbonyl (C=O) groups is 1. The van der Waals surface area contributed by atoms with E-state index in [1.54, 1.807) is 0 Å². The summed E-state index contributed by atoms with van der Waals surface area (Å²) in [7, 11) is 0. The van der Waals surface area contributed by atoms with Crippen LogP contribution in [0.2, 0.25) is 0 Å². The summed E-state index contributed by atoms with van der Waals surface area (Å²) >= 11 is 0. The summed E-state index contributed by atoms with van der Waals surface area (Å²) < 4.78 is 11.4. The summed E-state index contributed by atoms with van der Waals surface area (Å²) in [5.41, 5.74) is 1.42. The number of hydrogen-bond donors (Lipinski definition) is 0. The number of Topliss-reactive ketones (excluding diaryl/α,β-unsaturated/α-hetero) is 1. The lowest BCUT2D eigenvalue weighted by atomic mass is 9.75. The van der Waals surface area contributed by atoms with Gasteiger partial charge in [0, 0.05) is 38.2 Å². The summed E-state index contributed by atoms with van der Waals surface area (Å²) in [5, 5.41) is 0. The molecule has 2 aliphatic rings. The van der Waals surface area contributed by atoms with Crippen molar-refractivity contribution in [3.8, 4) is 0 Å². The van der Waals surface area contributed by atoms with Crippen molar-refractivity contribution in [2.75, 3.05) is 19.8 Å². The topological polar surface area (TPSA) is 35.5 Å². The van der Waals surface area contributed by atoms with Crippen molar-refractivity contribution >= 4 is 5.78 Å². The van der Waals surface area contributed by atoms with E-state index in [4.69, 9.17) is 9.47 Å². The highest BCUT2D eigenvalue weighted by Gasteiger charge is 2.42. The van der Waals surface area contributed by atoms with Crippen LogP contribution in [0.1, 0.15) is 60.9 Å². The lowest BCUT2D eigenvalue weighted by Crippen LogP contribution is -2.47. The quantitative estimate of drug-likeness (QED) is 0.775. The fraction of sp³-hybridized carbons (Fsp3) is 0.611. The summed E-state index contributed by atoms with van der Waals surface area (Å²) in [6.45, 7) is 3.74. The Morgan fingerprint density at radius 3 is 2.62 bits per heavy atom. The lowest BCUT2D eigenvalue weighted by Gasteiger charge is -2.37. The molecule has 0 bridgehead atoms. The molecule has 1 saturated heterocycles. The molecule has 0 radical (unpaired) electrons. The number of ether oxygens (including phenoxy) is 2. The summed E-state index contributed by atoms with van der Waals surface area (Å²) in [4.78, 5) is 13.2. The van der Waals surface area contributed by atoms with Crippen LogP contribution in [0.5, 0.6) is 0 Å². The van der Waals surface area contributed by atoms with E-state index >= 15 is 0 Å². The van der Waals surface area contributed by atoms with Crippen molar-refractivity contribution in [3.63, 3.8) is 0 Å². The van der Waals surface area contributed by atoms with Gasteiger partial charge in [-0.05, 0) is 31.2 Å². The van der Waals surface area contributed by atoms with Crippen LogP contribution >= 0.6 is 0 Å². The molecule has 1 saturated carbocycles. The zero-order valence-electron chi connectivity index (χ0n) is 12.8. The van der Waals surface area contributed by atoms with Crippen LogP contribution in [-0.4, -0.2) is 31.2 Å². The third-order valence-electron chi connectivity index (χ3n) is 4.89. The molecule has 114 valence electrons. The minimum Gasteiger partial charge on any atom is -0.381 e. The molecule has 3 nitrogen and oxygen atoms in total. The molecule has 0 atom stereocenters. The SMILES string of the molecule is CCOC1(C(=O)c2ccccc2C2CCC2)CCOCC1. The number of benzene rings is 1. The van der Waals surface area contributed by atoms with Crippen LogP contribution in [0.3, 0.4) is 0 Å². The van der Waals surface area contributed by atoms with Gasteiger partial charge in [-0.1, -0.05) is 30.7 Å². The maximum absolute atomic E-state index is 13.2. The van der Waals surface area contributed by atoms with Crippen LogP contribution in [0.25, 0.3) is 0 Å². The van der Waals surface area contributed by atoms with Crippen LogP contribution in [0.4, 0.5) is 0 Å². The first kappa shape index (κ1) is 14.7. The Bertz CT molecular complexity index is 493. The highest BCUT2D eigenvalue weighted by Crippen LogP contribution is 2.40. The predicted octanol–water partition coefficient (Wildman–Crippen LogP) is 3.72. The maximum Gasteiger partial charge on any atom is 0.195 e. The van der Waals surface area contributed by atoms with Gasteiger partial charge in [-0.2, -0.15) is 0 Å². The predicted molar refractivity (Wildman–Crippen MR) is 81.8 cm³/mol. The standard InChI is InChI=1S/C18H24O3/c1-2-21-18(10-12-20-13-11-18)17(19)16-9-4-3-8-15(16)14-6-5-7-14/h3-4,8-9,14H,2,5-7,10-13H2,1H3. The van der Waals surface area contributed by atoms with Gasteiger partial charge in [0.1, 0.15) is 5.60 Å². The van der Waals surface area contributed by atoms with Crippen LogP contribution in [0, 0.1) is 0 Å². The van der Waals surface area contributed by atoms with Gasteiger partial charge in [0.25, 0.3) is 0 Å². The van der Waals surface area contributed by atoms with E-state index < -0.39 is 5.60 Å². The molecule has 1 aromatic rings. The van der Waals surface area contributed by atoms with Gasteiger partial charge >= 0.3 is 0 Å². The Morgan fingerprint density at radius 2 is 2.00 bits per heavy atom. The third kappa shape index (κ3) is 2.77. The Morgan fingerprint density at radius 1 is 1.29 bits per heavy atom. The first-order valence-electron chi connectivity index (χ1n) is 8.12. The molecule has 3 heteroatoms. The fourth-order valence-electron chi connectivity index (χ4n) is 3.44. The van der Waals surface area contributed by atoms with E-state index in [9.17, 15) is 4.79 Å². The average molecular weight is 288 g/mol. The average Bonchev–Trinajstić information content (AvgIpc) is 2.47. The zero-order chi connectivity index (χ0) is 14.7. The Balaban J connectivity index is 1.92. The summed E-state index contributed by atoms with van der Waals surface area (Å²) in [5.74, 6) is 0.721. The molecule has 1 heterocycles. The van der Waals surface area contributed by atoms with Crippen molar-refractivity contribution in [1.29, 1.82) is 0 Å². The molecule has 0 N–H and O–H groups in total. The molecule has 0 unspecified atom stereocenters. The second-order valence-corrected chi connectivity index (χ2v) is 6.08. The van der Waals surface area contributed by atoms with E-state index in [-0.39, 0.29) is 5.78 Å². The van der Waals surface area contributed by atoms with Crippen LogP contribution in [-0.2, 0) is 9.47 Å². The number of carbonyl (C=O) groups excluding carboxylic acids is 1. The number of hydrogen-bond acceptors (Lipinski definition) is 3. The summed E-state index contributed by atoms with van der Waals surface area (Å²) in [6.07, 6.45) is 5.01.